The molecule has 0 spiro atoms. The normalized spacial score (nSPS) is 13.2. The zero-order valence-electron chi connectivity index (χ0n) is 36.9. The summed E-state index contributed by atoms with van der Waals surface area (Å²) in [6.07, 6.45) is 16.0. The molecule has 0 saturated heterocycles. The van der Waals surface area contributed by atoms with Crippen LogP contribution in [0.5, 0.6) is 0 Å². The van der Waals surface area contributed by atoms with E-state index in [1.54, 1.807) is 0 Å². The number of aryl methyl sites for hydroxylation is 1. The molecule has 0 bridgehead atoms. The number of quaternary nitrogens is 1. The average molecular weight is 1080 g/mol. The molecule has 0 aliphatic heterocycles. The van der Waals surface area contributed by atoms with Gasteiger partial charge in [-0.05, 0) is 67.2 Å². The van der Waals surface area contributed by atoms with Gasteiger partial charge in [-0.2, -0.15) is 0 Å². The minimum atomic E-state index is -2.21. The summed E-state index contributed by atoms with van der Waals surface area (Å²) in [4.78, 5) is 0. The van der Waals surface area contributed by atoms with Crippen LogP contribution in [0.25, 0.3) is 27.7 Å². The number of nitrogens with zero attached hydrogens (tertiary/aromatic N) is 2. The number of ether oxygens (including phenoxy) is 1. The smallest absolute Gasteiger partial charge is 0.0997 e. The first-order valence-electron chi connectivity index (χ1n) is 22.2. The molecule has 1 saturated carbocycles. The van der Waals surface area contributed by atoms with Crippen LogP contribution in [0.2, 0.25) is 0 Å². The van der Waals surface area contributed by atoms with E-state index in [0.717, 1.165) is 19.6 Å². The van der Waals surface area contributed by atoms with E-state index < -0.39 is 26.0 Å². The van der Waals surface area contributed by atoms with E-state index in [-0.39, 0.29) is 0 Å². The van der Waals surface area contributed by atoms with Gasteiger partial charge in [-0.3, -0.25) is 0 Å². The molecule has 64 heavy (non-hydrogen) atoms. The fourth-order valence-electron chi connectivity index (χ4n) is 8.23. The summed E-state index contributed by atoms with van der Waals surface area (Å²) in [5.74, 6) is 0. The first-order valence-corrected chi connectivity index (χ1v) is 45.6. The maximum absolute atomic E-state index is 5.93. The van der Waals surface area contributed by atoms with Gasteiger partial charge in [-0.1, -0.05) is 145 Å². The van der Waals surface area contributed by atoms with Crippen molar-refractivity contribution in [3.63, 3.8) is 0 Å². The van der Waals surface area contributed by atoms with Crippen LogP contribution < -0.4 is 5.73 Å². The second-order valence-electron chi connectivity index (χ2n) is 15.5. The minimum absolute atomic E-state index is 0.568. The third kappa shape index (κ3) is 16.3. The number of hydrogen-bond acceptors (Lipinski definition) is 1. The SMILES string of the molecule is CCOCCn1c(-c2ccccc2)c(C(=C2C=CC(=[N+](Cc3ccccc3)C3CCCCC3)C=C2)c2ccc(C)cc2)c2ccccc21.[Cl][Zn-]([Cl])[Cl].[Cl][Zn-]([Cl])[Cl].[NH3+]Cc1ccccc1. The number of halogens is 6. The number of para-hydroxylation sites is 1. The van der Waals surface area contributed by atoms with Crippen molar-refractivity contribution in [2.24, 2.45) is 0 Å². The molecule has 1 aromatic heterocycles. The number of allylic oxidation sites excluding steroid dienone is 5. The molecule has 0 amide bonds. The van der Waals surface area contributed by atoms with Gasteiger partial charge in [-0.15, -0.1) is 0 Å². The first-order chi connectivity index (χ1) is 31.1. The number of hydrogen-bond donors (Lipinski definition) is 1. The van der Waals surface area contributed by atoms with Gasteiger partial charge in [0.2, 0.25) is 0 Å². The Kier molecular flexibility index (Phi) is 23.4. The van der Waals surface area contributed by atoms with Crippen molar-refractivity contribution in [3.8, 4) is 11.3 Å². The van der Waals surface area contributed by atoms with Crippen molar-refractivity contribution in [1.82, 2.24) is 4.57 Å². The van der Waals surface area contributed by atoms with Crippen molar-refractivity contribution in [1.29, 1.82) is 0 Å². The largest absolute Gasteiger partial charge is 0.354 e. The van der Waals surface area contributed by atoms with Crippen LogP contribution in [-0.4, -0.2) is 34.1 Å². The van der Waals surface area contributed by atoms with E-state index in [0.29, 0.717) is 19.3 Å². The number of aromatic nitrogens is 1. The van der Waals surface area contributed by atoms with Gasteiger partial charge in [0.1, 0.15) is 0 Å². The fraction of sp³-hybridized carbons (Fsp3) is 0.250. The quantitative estimate of drug-likeness (QED) is 0.0784. The molecule has 2 aliphatic rings. The third-order valence-corrected chi connectivity index (χ3v) is 11.1. The van der Waals surface area contributed by atoms with Crippen LogP contribution in [0.15, 0.2) is 169 Å². The first kappa shape index (κ1) is 52.4. The van der Waals surface area contributed by atoms with Crippen LogP contribution in [0.3, 0.4) is 0 Å². The maximum atomic E-state index is 5.93. The van der Waals surface area contributed by atoms with Gasteiger partial charge in [0.15, 0.2) is 18.3 Å². The molecule has 0 unspecified atom stereocenters. The molecule has 0 radical (unpaired) electrons. The van der Waals surface area contributed by atoms with Crippen LogP contribution >= 0.6 is 58.1 Å². The van der Waals surface area contributed by atoms with Crippen molar-refractivity contribution >= 4 is 80.3 Å². The Bertz CT molecular complexity index is 2400. The molecular formula is C52H57Cl6N3OZn2. The van der Waals surface area contributed by atoms with Crippen molar-refractivity contribution in [2.45, 2.75) is 71.6 Å². The summed E-state index contributed by atoms with van der Waals surface area (Å²) in [5, 5.41) is 1.26. The topological polar surface area (TPSA) is 44.8 Å². The monoisotopic (exact) mass is 1080 g/mol. The molecule has 1 fully saturated rings. The molecule has 3 N–H and O–H groups in total. The van der Waals surface area contributed by atoms with E-state index in [4.69, 9.17) is 62.9 Å². The Labute approximate surface area is 415 Å². The van der Waals surface area contributed by atoms with E-state index in [1.165, 1.54) is 98.9 Å². The van der Waals surface area contributed by atoms with Gasteiger partial charge in [0.25, 0.3) is 0 Å². The van der Waals surface area contributed by atoms with Crippen molar-refractivity contribution in [2.75, 3.05) is 13.2 Å². The summed E-state index contributed by atoms with van der Waals surface area (Å²) in [7, 11) is 30.1. The molecule has 5 aromatic carbocycles. The standard InChI is InChI=1S/C45H47N2O.C7H9N.6ClH.2Zn/c1-3-48-32-31-46-42-22-14-13-21-41(42)44(45(46)38-17-9-5-10-18-38)43(36-25-23-34(2)24-26-36)37-27-29-40(30-28-37)47(39-19-11-6-12-20-39)33-35-15-7-4-8-16-35;8-6-7-4-2-1-3-5-7;;;;;;;;/h4-5,7-10,13-18,21-30,39H,3,6,11-12,19-20,31-33H2,1-2H3;1-5H,6,8H2;6*1H;;/q+1;;;;;;;;2*+2/p-5. The fourth-order valence-corrected chi connectivity index (χ4v) is 8.23. The molecule has 4 nitrogen and oxygen atoms in total. The molecule has 12 heteroatoms. The van der Waals surface area contributed by atoms with Crippen LogP contribution in [-0.2, 0) is 50.3 Å². The van der Waals surface area contributed by atoms with E-state index in [2.05, 4.69) is 174 Å². The summed E-state index contributed by atoms with van der Waals surface area (Å²) < 4.78 is 11.1. The second-order valence-corrected chi connectivity index (χ2v) is 43.2. The molecule has 1 heterocycles. The Morgan fingerprint density at radius 2 is 1.20 bits per heavy atom. The average Bonchev–Trinajstić information content (AvgIpc) is 3.63. The van der Waals surface area contributed by atoms with Crippen molar-refractivity contribution in [3.05, 3.63) is 197 Å². The van der Waals surface area contributed by atoms with Crippen LogP contribution in [0, 0.1) is 6.92 Å². The molecule has 2 aliphatic carbocycles. The summed E-state index contributed by atoms with van der Waals surface area (Å²) in [6.45, 7) is 8.23. The van der Waals surface area contributed by atoms with E-state index >= 15 is 0 Å². The van der Waals surface area contributed by atoms with Gasteiger partial charge < -0.3 is 15.0 Å². The van der Waals surface area contributed by atoms with Crippen LogP contribution in [0.1, 0.15) is 66.8 Å². The molecule has 0 atom stereocenters. The van der Waals surface area contributed by atoms with Gasteiger partial charge in [0, 0.05) is 65.7 Å². The minimum Gasteiger partial charge on any atom is -0.354 e. The van der Waals surface area contributed by atoms with E-state index in [9.17, 15) is 0 Å². The molecule has 8 rings (SSSR count). The Morgan fingerprint density at radius 3 is 1.75 bits per heavy atom. The zero-order valence-corrected chi connectivity index (χ0v) is 47.4. The summed E-state index contributed by atoms with van der Waals surface area (Å²) in [6, 6.07) is 50.6. The molecule has 6 aromatic rings. The number of rotatable bonds is 11. The molecule has 332 valence electrons. The predicted octanol–water partition coefficient (Wildman–Crippen LogP) is 15.1. The van der Waals surface area contributed by atoms with Crippen LogP contribution in [0.4, 0.5) is 0 Å². The summed E-state index contributed by atoms with van der Waals surface area (Å²) in [5.41, 5.74) is 17.7. The van der Waals surface area contributed by atoms with Gasteiger partial charge in [0.05, 0.1) is 18.8 Å². The van der Waals surface area contributed by atoms with Gasteiger partial charge >= 0.3 is 84.1 Å². The predicted molar refractivity (Wildman–Crippen MR) is 270 cm³/mol. The molecular weight excluding hydrogens is 1030 g/mol. The van der Waals surface area contributed by atoms with Crippen molar-refractivity contribution < 1.29 is 41.0 Å². The summed E-state index contributed by atoms with van der Waals surface area (Å²) >= 11 is -4.42. The van der Waals surface area contributed by atoms with E-state index in [1.807, 2.05) is 18.2 Å². The Morgan fingerprint density at radius 1 is 0.672 bits per heavy atom. The zero-order chi connectivity index (χ0) is 45.7. The van der Waals surface area contributed by atoms with Gasteiger partial charge in [-0.25, -0.2) is 4.58 Å². The maximum Gasteiger partial charge on any atom is 0.0997 e. The Hall–Kier alpha value is -2.56. The Balaban J connectivity index is 0.000000410. The third-order valence-electron chi connectivity index (χ3n) is 11.1. The second kappa shape index (κ2) is 28.6. The number of benzene rings is 5. The number of fused-ring (bicyclic) bond motifs is 1.